The Labute approximate surface area is 79.1 Å². The molecule has 0 amide bonds. The minimum Gasteiger partial charge on any atom is -0.497 e. The molecule has 0 saturated carbocycles. The predicted molar refractivity (Wildman–Crippen MR) is 56.1 cm³/mol. The lowest BCUT2D eigenvalue weighted by Crippen LogP contribution is -1.80. The van der Waals surface area contributed by atoms with Crippen LogP contribution in [0, 0.1) is 0 Å². The van der Waals surface area contributed by atoms with E-state index in [0.29, 0.717) is 0 Å². The van der Waals surface area contributed by atoms with Crippen LogP contribution >= 0.6 is 11.8 Å². The first-order valence-corrected chi connectivity index (χ1v) is 5.27. The zero-order valence-corrected chi connectivity index (χ0v) is 8.94. The highest BCUT2D eigenvalue weighted by molar-refractivity contribution is 7.98. The van der Waals surface area contributed by atoms with Gasteiger partial charge in [0.1, 0.15) is 5.75 Å². The molecular formula is C10H16OS. The summed E-state index contributed by atoms with van der Waals surface area (Å²) in [6.07, 6.45) is 2.06. The van der Waals surface area contributed by atoms with Crippen molar-refractivity contribution in [3.05, 3.63) is 24.3 Å². The van der Waals surface area contributed by atoms with Crippen molar-refractivity contribution in [2.75, 3.05) is 13.4 Å². The van der Waals surface area contributed by atoms with Crippen molar-refractivity contribution in [1.82, 2.24) is 0 Å². The average Bonchev–Trinajstić information content (AvgIpc) is 2.21. The molecule has 12 heavy (non-hydrogen) atoms. The number of methoxy groups -OCH3 is 1. The van der Waals surface area contributed by atoms with Crippen molar-refractivity contribution < 1.29 is 4.74 Å². The molecule has 0 heterocycles. The smallest absolute Gasteiger partial charge is 0.118 e. The van der Waals surface area contributed by atoms with Crippen LogP contribution in [-0.4, -0.2) is 13.4 Å². The normalized spacial score (nSPS) is 8.33. The average molecular weight is 184 g/mol. The van der Waals surface area contributed by atoms with Crippen molar-refractivity contribution >= 4 is 11.8 Å². The van der Waals surface area contributed by atoms with Crippen LogP contribution in [0.4, 0.5) is 0 Å². The van der Waals surface area contributed by atoms with Gasteiger partial charge in [-0.2, -0.15) is 0 Å². The van der Waals surface area contributed by atoms with E-state index in [1.807, 2.05) is 38.1 Å². The minimum absolute atomic E-state index is 0.915. The third kappa shape index (κ3) is 3.67. The summed E-state index contributed by atoms with van der Waals surface area (Å²) in [7, 11) is 1.67. The molecule has 68 valence electrons. The summed E-state index contributed by atoms with van der Waals surface area (Å²) >= 11 is 1.73. The Morgan fingerprint density at radius 2 is 1.58 bits per heavy atom. The Hall–Kier alpha value is -0.630. The van der Waals surface area contributed by atoms with Gasteiger partial charge in [0.05, 0.1) is 7.11 Å². The quantitative estimate of drug-likeness (QED) is 0.651. The maximum absolute atomic E-state index is 5.00. The lowest BCUT2D eigenvalue weighted by Gasteiger charge is -1.98. The number of benzene rings is 1. The first-order valence-electron chi connectivity index (χ1n) is 4.05. The summed E-state index contributed by atoms with van der Waals surface area (Å²) in [6.45, 7) is 4.00. The Morgan fingerprint density at radius 1 is 1.08 bits per heavy atom. The van der Waals surface area contributed by atoms with E-state index in [-0.39, 0.29) is 0 Å². The summed E-state index contributed by atoms with van der Waals surface area (Å²) in [5.74, 6) is 0.915. The molecule has 2 heteroatoms. The van der Waals surface area contributed by atoms with Crippen molar-refractivity contribution in [2.24, 2.45) is 0 Å². The molecule has 0 spiro atoms. The van der Waals surface area contributed by atoms with E-state index in [9.17, 15) is 0 Å². The van der Waals surface area contributed by atoms with Gasteiger partial charge < -0.3 is 4.74 Å². The lowest BCUT2D eigenvalue weighted by atomic mass is 10.3. The molecule has 0 N–H and O–H groups in total. The minimum atomic E-state index is 0.915. The van der Waals surface area contributed by atoms with Gasteiger partial charge in [0.25, 0.3) is 0 Å². The number of thioether (sulfide) groups is 1. The topological polar surface area (TPSA) is 9.23 Å². The summed E-state index contributed by atoms with van der Waals surface area (Å²) in [5.41, 5.74) is 0. The fourth-order valence-electron chi connectivity index (χ4n) is 0.712. The maximum Gasteiger partial charge on any atom is 0.118 e. The number of hydrogen-bond acceptors (Lipinski definition) is 2. The number of rotatable bonds is 2. The van der Waals surface area contributed by atoms with Gasteiger partial charge in [-0.3, -0.25) is 0 Å². The summed E-state index contributed by atoms with van der Waals surface area (Å²) in [4.78, 5) is 1.26. The Morgan fingerprint density at radius 3 is 1.92 bits per heavy atom. The molecule has 0 aliphatic carbocycles. The second kappa shape index (κ2) is 7.04. The Bertz CT molecular complexity index is 170. The lowest BCUT2D eigenvalue weighted by molar-refractivity contribution is 0.414. The molecule has 0 aliphatic heterocycles. The zero-order chi connectivity index (χ0) is 9.40. The van der Waals surface area contributed by atoms with Crippen LogP contribution in [0.2, 0.25) is 0 Å². The monoisotopic (exact) mass is 184 g/mol. The molecule has 1 nitrogen and oxygen atoms in total. The fourth-order valence-corrected chi connectivity index (χ4v) is 1.12. The van der Waals surface area contributed by atoms with Gasteiger partial charge in [0.15, 0.2) is 0 Å². The molecule has 0 radical (unpaired) electrons. The molecule has 1 rings (SSSR count). The first kappa shape index (κ1) is 11.4. The van der Waals surface area contributed by atoms with Crippen LogP contribution in [0.1, 0.15) is 13.8 Å². The molecule has 0 aromatic heterocycles. The van der Waals surface area contributed by atoms with E-state index in [0.717, 1.165) is 5.75 Å². The van der Waals surface area contributed by atoms with Gasteiger partial charge in [0, 0.05) is 4.90 Å². The first-order chi connectivity index (χ1) is 5.86. The highest BCUT2D eigenvalue weighted by Crippen LogP contribution is 2.18. The van der Waals surface area contributed by atoms with Gasteiger partial charge >= 0.3 is 0 Å². The van der Waals surface area contributed by atoms with E-state index in [1.54, 1.807) is 18.9 Å². The predicted octanol–water partition coefficient (Wildman–Crippen LogP) is 3.44. The van der Waals surface area contributed by atoms with E-state index < -0.39 is 0 Å². The Kier molecular flexibility index (Phi) is 6.67. The molecule has 1 aromatic carbocycles. The van der Waals surface area contributed by atoms with Crippen LogP contribution in [-0.2, 0) is 0 Å². The maximum atomic E-state index is 5.00. The summed E-state index contributed by atoms with van der Waals surface area (Å²) < 4.78 is 5.00. The SMILES string of the molecule is CC.COc1ccc(SC)cc1. The second-order valence-corrected chi connectivity index (χ2v) is 2.76. The van der Waals surface area contributed by atoms with Gasteiger partial charge in [-0.25, -0.2) is 0 Å². The molecule has 0 unspecified atom stereocenters. The van der Waals surface area contributed by atoms with Gasteiger partial charge in [-0.05, 0) is 30.5 Å². The molecule has 1 aromatic rings. The summed E-state index contributed by atoms with van der Waals surface area (Å²) in [5, 5.41) is 0. The third-order valence-electron chi connectivity index (χ3n) is 1.30. The Balaban J connectivity index is 0.000000561. The van der Waals surface area contributed by atoms with E-state index in [1.165, 1.54) is 4.90 Å². The number of ether oxygens (including phenoxy) is 1. The summed E-state index contributed by atoms with van der Waals surface area (Å²) in [6, 6.07) is 8.02. The number of hydrogen-bond donors (Lipinski definition) is 0. The zero-order valence-electron chi connectivity index (χ0n) is 8.13. The van der Waals surface area contributed by atoms with E-state index in [4.69, 9.17) is 4.74 Å². The van der Waals surface area contributed by atoms with E-state index in [2.05, 4.69) is 6.26 Å². The van der Waals surface area contributed by atoms with Crippen molar-refractivity contribution in [1.29, 1.82) is 0 Å². The van der Waals surface area contributed by atoms with Gasteiger partial charge in [-0.1, -0.05) is 13.8 Å². The van der Waals surface area contributed by atoms with E-state index >= 15 is 0 Å². The highest BCUT2D eigenvalue weighted by Gasteiger charge is 1.89. The largest absolute Gasteiger partial charge is 0.497 e. The molecule has 0 bridgehead atoms. The molecule has 0 fully saturated rings. The molecule has 0 atom stereocenters. The second-order valence-electron chi connectivity index (χ2n) is 1.88. The fraction of sp³-hybridized carbons (Fsp3) is 0.400. The van der Waals surface area contributed by atoms with Crippen LogP contribution in [0.5, 0.6) is 5.75 Å². The molecule has 0 aliphatic rings. The van der Waals surface area contributed by atoms with Crippen LogP contribution in [0.3, 0.4) is 0 Å². The third-order valence-corrected chi connectivity index (χ3v) is 2.04. The van der Waals surface area contributed by atoms with Gasteiger partial charge in [0.2, 0.25) is 0 Å². The molecular weight excluding hydrogens is 168 g/mol. The molecule has 0 saturated heterocycles. The van der Waals surface area contributed by atoms with Crippen LogP contribution in [0.15, 0.2) is 29.2 Å². The van der Waals surface area contributed by atoms with Crippen molar-refractivity contribution in [3.63, 3.8) is 0 Å². The standard InChI is InChI=1S/C8H10OS.C2H6/c1-9-7-3-5-8(10-2)6-4-7;1-2/h3-6H,1-2H3;1-2H3. The van der Waals surface area contributed by atoms with Crippen LogP contribution < -0.4 is 4.74 Å². The van der Waals surface area contributed by atoms with Crippen molar-refractivity contribution in [3.8, 4) is 5.75 Å². The van der Waals surface area contributed by atoms with Crippen LogP contribution in [0.25, 0.3) is 0 Å². The van der Waals surface area contributed by atoms with Gasteiger partial charge in [-0.15, -0.1) is 11.8 Å². The highest BCUT2D eigenvalue weighted by atomic mass is 32.2. The van der Waals surface area contributed by atoms with Crippen molar-refractivity contribution in [2.45, 2.75) is 18.7 Å².